The van der Waals surface area contributed by atoms with Crippen LogP contribution in [0.3, 0.4) is 0 Å². The fourth-order valence-corrected chi connectivity index (χ4v) is 1.48. The maximum Gasteiger partial charge on any atom is 0.416 e. The summed E-state index contributed by atoms with van der Waals surface area (Å²) in [6.07, 6.45) is -2.96. The molecule has 0 unspecified atom stereocenters. The van der Waals surface area contributed by atoms with Crippen molar-refractivity contribution >= 4 is 18.2 Å². The first-order chi connectivity index (χ1) is 8.50. The molecule has 3 nitrogen and oxygen atoms in total. The molecule has 0 aliphatic heterocycles. The highest BCUT2D eigenvalue weighted by atomic mass is 35.5. The number of alkyl halides is 3. The molecule has 0 bridgehead atoms. The van der Waals surface area contributed by atoms with Crippen molar-refractivity contribution in [3.63, 3.8) is 0 Å². The van der Waals surface area contributed by atoms with Gasteiger partial charge in [0.2, 0.25) is 0 Å². The van der Waals surface area contributed by atoms with Gasteiger partial charge in [0.15, 0.2) is 0 Å². The Labute approximate surface area is 114 Å². The molecule has 0 saturated carbocycles. The first-order valence-electron chi connectivity index (χ1n) is 5.18. The van der Waals surface area contributed by atoms with Gasteiger partial charge in [-0.3, -0.25) is 0 Å². The molecule has 2 rings (SSSR count). The minimum Gasteiger partial charge on any atom is -0.373 e. The summed E-state index contributed by atoms with van der Waals surface area (Å²) in [5.41, 5.74) is 0.513. The molecule has 2 aromatic rings. The van der Waals surface area contributed by atoms with E-state index in [4.69, 9.17) is 0 Å². The Morgan fingerprint density at radius 2 is 1.68 bits per heavy atom. The van der Waals surface area contributed by atoms with Crippen LogP contribution in [0.4, 0.5) is 19.0 Å². The molecule has 1 heterocycles. The van der Waals surface area contributed by atoms with Crippen LogP contribution in [0.2, 0.25) is 0 Å². The molecule has 0 atom stereocenters. The van der Waals surface area contributed by atoms with Crippen LogP contribution in [0, 0.1) is 0 Å². The molecule has 7 heteroatoms. The summed E-state index contributed by atoms with van der Waals surface area (Å²) in [6, 6.07) is 6.53. The van der Waals surface area contributed by atoms with E-state index >= 15 is 0 Å². The van der Waals surface area contributed by atoms with E-state index in [0.29, 0.717) is 17.1 Å². The van der Waals surface area contributed by atoms with Gasteiger partial charge in [-0.2, -0.15) is 13.2 Å². The van der Waals surface area contributed by atoms with Crippen molar-refractivity contribution in [1.82, 2.24) is 9.97 Å². The van der Waals surface area contributed by atoms with Crippen LogP contribution in [-0.2, 0) is 6.18 Å². The lowest BCUT2D eigenvalue weighted by atomic mass is 10.1. The van der Waals surface area contributed by atoms with E-state index in [-0.39, 0.29) is 12.4 Å². The Morgan fingerprint density at radius 3 is 2.21 bits per heavy atom. The molecule has 0 amide bonds. The number of aromatic nitrogens is 2. The number of hydrogen-bond acceptors (Lipinski definition) is 3. The lowest BCUT2D eigenvalue weighted by Gasteiger charge is -2.07. The van der Waals surface area contributed by atoms with Crippen molar-refractivity contribution < 1.29 is 13.2 Å². The zero-order valence-electron chi connectivity index (χ0n) is 9.90. The average Bonchev–Trinajstić information content (AvgIpc) is 2.38. The minimum absolute atomic E-state index is 0. The molecule has 0 aliphatic rings. The average molecular weight is 290 g/mol. The predicted octanol–water partition coefficient (Wildman–Crippen LogP) is 3.63. The molecular formula is C12H11ClF3N3. The van der Waals surface area contributed by atoms with Crippen LogP contribution in [0.25, 0.3) is 11.3 Å². The van der Waals surface area contributed by atoms with Crippen molar-refractivity contribution in [3.8, 4) is 11.3 Å². The number of nitrogens with zero attached hydrogens (tertiary/aromatic N) is 2. The van der Waals surface area contributed by atoms with Gasteiger partial charge in [0.05, 0.1) is 11.3 Å². The van der Waals surface area contributed by atoms with E-state index in [1.165, 1.54) is 18.5 Å². The third-order valence-electron chi connectivity index (χ3n) is 2.43. The van der Waals surface area contributed by atoms with Gasteiger partial charge in [0.1, 0.15) is 12.1 Å². The quantitative estimate of drug-likeness (QED) is 0.917. The molecule has 1 aromatic carbocycles. The summed E-state index contributed by atoms with van der Waals surface area (Å²) in [4.78, 5) is 7.96. The van der Waals surface area contributed by atoms with Crippen molar-refractivity contribution in [2.45, 2.75) is 6.18 Å². The topological polar surface area (TPSA) is 37.8 Å². The van der Waals surface area contributed by atoms with Gasteiger partial charge >= 0.3 is 6.18 Å². The molecular weight excluding hydrogens is 279 g/mol. The maximum absolute atomic E-state index is 12.4. The van der Waals surface area contributed by atoms with Crippen molar-refractivity contribution in [2.75, 3.05) is 12.4 Å². The van der Waals surface area contributed by atoms with Gasteiger partial charge in [-0.25, -0.2) is 9.97 Å². The lowest BCUT2D eigenvalue weighted by molar-refractivity contribution is -0.137. The number of nitrogens with one attached hydrogen (secondary N) is 1. The molecule has 1 aromatic heterocycles. The molecule has 0 saturated heterocycles. The highest BCUT2D eigenvalue weighted by Crippen LogP contribution is 2.30. The lowest BCUT2D eigenvalue weighted by Crippen LogP contribution is -2.04. The third-order valence-corrected chi connectivity index (χ3v) is 2.43. The summed E-state index contributed by atoms with van der Waals surface area (Å²) in [7, 11) is 1.71. The minimum atomic E-state index is -4.32. The maximum atomic E-state index is 12.4. The van der Waals surface area contributed by atoms with Crippen LogP contribution in [-0.4, -0.2) is 17.0 Å². The number of rotatable bonds is 2. The second-order valence-electron chi connectivity index (χ2n) is 3.61. The molecule has 0 spiro atoms. The van der Waals surface area contributed by atoms with Gasteiger partial charge < -0.3 is 5.32 Å². The van der Waals surface area contributed by atoms with E-state index in [2.05, 4.69) is 15.3 Å². The second-order valence-corrected chi connectivity index (χ2v) is 3.61. The summed E-state index contributed by atoms with van der Waals surface area (Å²) in [5.74, 6) is 0.611. The smallest absolute Gasteiger partial charge is 0.373 e. The summed E-state index contributed by atoms with van der Waals surface area (Å²) < 4.78 is 37.2. The Balaban J connectivity index is 0.00000180. The summed E-state index contributed by atoms with van der Waals surface area (Å²) in [6.45, 7) is 0. The molecule has 0 aliphatic carbocycles. The van der Waals surface area contributed by atoms with Crippen molar-refractivity contribution in [3.05, 3.63) is 42.2 Å². The van der Waals surface area contributed by atoms with E-state index in [1.807, 2.05) is 0 Å². The van der Waals surface area contributed by atoms with E-state index < -0.39 is 11.7 Å². The zero-order chi connectivity index (χ0) is 13.2. The fraction of sp³-hybridized carbons (Fsp3) is 0.167. The summed E-state index contributed by atoms with van der Waals surface area (Å²) in [5, 5.41) is 2.84. The number of halogens is 4. The van der Waals surface area contributed by atoms with E-state index in [9.17, 15) is 13.2 Å². The van der Waals surface area contributed by atoms with Gasteiger partial charge in [0, 0.05) is 18.7 Å². The highest BCUT2D eigenvalue weighted by molar-refractivity contribution is 5.85. The molecule has 0 radical (unpaired) electrons. The zero-order valence-corrected chi connectivity index (χ0v) is 10.7. The Hall–Kier alpha value is -1.82. The Morgan fingerprint density at radius 1 is 1.05 bits per heavy atom. The molecule has 1 N–H and O–H groups in total. The number of anilines is 1. The van der Waals surface area contributed by atoms with Gasteiger partial charge in [-0.05, 0) is 12.1 Å². The van der Waals surface area contributed by atoms with E-state index in [0.717, 1.165) is 12.1 Å². The van der Waals surface area contributed by atoms with E-state index in [1.54, 1.807) is 13.1 Å². The number of hydrogen-bond donors (Lipinski definition) is 1. The standard InChI is InChI=1S/C12H10F3N3.ClH/c1-16-11-6-10(17-7-18-11)8-2-4-9(5-3-8)12(13,14)15;/h2-7H,1H3,(H,16,17,18);1H. The van der Waals surface area contributed by atoms with Crippen LogP contribution in [0.5, 0.6) is 0 Å². The first-order valence-corrected chi connectivity index (χ1v) is 5.18. The number of benzene rings is 1. The van der Waals surface area contributed by atoms with Gasteiger partial charge in [-0.15, -0.1) is 12.4 Å². The second kappa shape index (κ2) is 5.88. The van der Waals surface area contributed by atoms with Crippen LogP contribution < -0.4 is 5.32 Å². The Bertz CT molecular complexity index is 541. The van der Waals surface area contributed by atoms with Crippen LogP contribution in [0.1, 0.15) is 5.56 Å². The normalized spacial score (nSPS) is 10.7. The monoisotopic (exact) mass is 289 g/mol. The first kappa shape index (κ1) is 15.2. The Kier molecular flexibility index (Phi) is 4.72. The van der Waals surface area contributed by atoms with Crippen LogP contribution in [0.15, 0.2) is 36.7 Å². The van der Waals surface area contributed by atoms with Crippen molar-refractivity contribution in [1.29, 1.82) is 0 Å². The molecule has 19 heavy (non-hydrogen) atoms. The molecule has 0 fully saturated rings. The fourth-order valence-electron chi connectivity index (χ4n) is 1.48. The van der Waals surface area contributed by atoms with Gasteiger partial charge in [-0.1, -0.05) is 12.1 Å². The largest absolute Gasteiger partial charge is 0.416 e. The highest BCUT2D eigenvalue weighted by Gasteiger charge is 2.29. The van der Waals surface area contributed by atoms with Crippen LogP contribution >= 0.6 is 12.4 Å². The van der Waals surface area contributed by atoms with Gasteiger partial charge in [0.25, 0.3) is 0 Å². The summed E-state index contributed by atoms with van der Waals surface area (Å²) >= 11 is 0. The predicted molar refractivity (Wildman–Crippen MR) is 69.3 cm³/mol. The van der Waals surface area contributed by atoms with Crippen molar-refractivity contribution in [2.24, 2.45) is 0 Å². The SMILES string of the molecule is CNc1cc(-c2ccc(C(F)(F)F)cc2)ncn1.Cl. The molecule has 102 valence electrons. The third kappa shape index (κ3) is 3.57.